The second-order valence-corrected chi connectivity index (χ2v) is 3.68. The number of ether oxygens (including phenoxy) is 1. The Morgan fingerprint density at radius 3 is 2.55 bits per heavy atom. The average molecular weight is 304 g/mol. The SMILES string of the molecule is Nc1nc(Cl)nc(Oc2cc(F)c([N+](=O)[O-])cc2F)n1. The summed E-state index contributed by atoms with van der Waals surface area (Å²) in [6, 6.07) is 0.382. The van der Waals surface area contributed by atoms with Crippen LogP contribution in [0.25, 0.3) is 0 Å². The lowest BCUT2D eigenvalue weighted by Gasteiger charge is -2.05. The second kappa shape index (κ2) is 5.17. The topological polar surface area (TPSA) is 117 Å². The first kappa shape index (κ1) is 13.8. The molecule has 0 bridgehead atoms. The van der Waals surface area contributed by atoms with Gasteiger partial charge in [-0.3, -0.25) is 10.1 Å². The van der Waals surface area contributed by atoms with Crippen LogP contribution in [0, 0.1) is 21.7 Å². The van der Waals surface area contributed by atoms with E-state index in [-0.39, 0.29) is 11.2 Å². The van der Waals surface area contributed by atoms with Crippen molar-refractivity contribution >= 4 is 23.2 Å². The molecule has 0 fully saturated rings. The molecule has 2 rings (SSSR count). The molecule has 2 N–H and O–H groups in total. The minimum atomic E-state index is -1.28. The fourth-order valence-electron chi connectivity index (χ4n) is 1.23. The third-order valence-electron chi connectivity index (χ3n) is 2.00. The summed E-state index contributed by atoms with van der Waals surface area (Å²) in [7, 11) is 0. The van der Waals surface area contributed by atoms with E-state index in [0.29, 0.717) is 12.1 Å². The maximum Gasteiger partial charge on any atom is 0.328 e. The van der Waals surface area contributed by atoms with E-state index in [2.05, 4.69) is 15.0 Å². The Labute approximate surface area is 114 Å². The van der Waals surface area contributed by atoms with Crippen LogP contribution < -0.4 is 10.5 Å². The predicted molar refractivity (Wildman–Crippen MR) is 62.3 cm³/mol. The number of nitro groups is 1. The summed E-state index contributed by atoms with van der Waals surface area (Å²) in [6.45, 7) is 0. The standard InChI is InChI=1S/C9H4ClF2N5O3/c10-7-14-8(13)16-9(15-7)20-6-2-3(11)5(17(18)19)1-4(6)12/h1-2H,(H2,13,14,15,16). The Morgan fingerprint density at radius 1 is 1.25 bits per heavy atom. The highest BCUT2D eigenvalue weighted by molar-refractivity contribution is 6.28. The van der Waals surface area contributed by atoms with Gasteiger partial charge in [-0.1, -0.05) is 0 Å². The van der Waals surface area contributed by atoms with Crippen LogP contribution in [0.4, 0.5) is 20.4 Å². The number of hydrogen-bond acceptors (Lipinski definition) is 7. The monoisotopic (exact) mass is 303 g/mol. The van der Waals surface area contributed by atoms with Crippen molar-refractivity contribution in [1.29, 1.82) is 0 Å². The first-order valence-electron chi connectivity index (χ1n) is 4.85. The molecule has 1 aromatic heterocycles. The molecule has 0 saturated heterocycles. The normalized spacial score (nSPS) is 10.3. The third kappa shape index (κ3) is 2.85. The summed E-state index contributed by atoms with van der Waals surface area (Å²) in [5, 5.41) is 10.1. The van der Waals surface area contributed by atoms with Gasteiger partial charge < -0.3 is 10.5 Å². The zero-order chi connectivity index (χ0) is 14.9. The van der Waals surface area contributed by atoms with Crippen molar-refractivity contribution in [3.63, 3.8) is 0 Å². The summed E-state index contributed by atoms with van der Waals surface area (Å²) < 4.78 is 31.7. The van der Waals surface area contributed by atoms with Crippen molar-refractivity contribution in [2.24, 2.45) is 0 Å². The van der Waals surface area contributed by atoms with E-state index >= 15 is 0 Å². The van der Waals surface area contributed by atoms with E-state index in [9.17, 15) is 18.9 Å². The summed E-state index contributed by atoms with van der Waals surface area (Å²) in [6.07, 6.45) is 0. The molecule has 1 heterocycles. The molecule has 11 heteroatoms. The molecule has 104 valence electrons. The first-order valence-corrected chi connectivity index (χ1v) is 5.23. The van der Waals surface area contributed by atoms with Crippen molar-refractivity contribution in [2.75, 3.05) is 5.73 Å². The fourth-order valence-corrected chi connectivity index (χ4v) is 1.39. The number of hydrogen-bond donors (Lipinski definition) is 1. The number of nitrogens with zero attached hydrogens (tertiary/aromatic N) is 4. The van der Waals surface area contributed by atoms with Crippen LogP contribution in [0.5, 0.6) is 11.8 Å². The molecule has 0 atom stereocenters. The van der Waals surface area contributed by atoms with Gasteiger partial charge in [-0.25, -0.2) is 4.39 Å². The molecule has 0 saturated carbocycles. The smallest absolute Gasteiger partial charge is 0.328 e. The van der Waals surface area contributed by atoms with E-state index < -0.39 is 34.0 Å². The van der Waals surface area contributed by atoms with E-state index in [1.54, 1.807) is 0 Å². The molecule has 0 unspecified atom stereocenters. The Balaban J connectivity index is 2.39. The summed E-state index contributed by atoms with van der Waals surface area (Å²) in [5.74, 6) is -3.40. The Hall–Kier alpha value is -2.62. The zero-order valence-electron chi connectivity index (χ0n) is 9.38. The van der Waals surface area contributed by atoms with Gasteiger partial charge in [0.25, 0.3) is 0 Å². The Morgan fingerprint density at radius 2 is 1.95 bits per heavy atom. The van der Waals surface area contributed by atoms with Crippen LogP contribution >= 0.6 is 11.6 Å². The lowest BCUT2D eigenvalue weighted by Crippen LogP contribution is -2.02. The van der Waals surface area contributed by atoms with Crippen molar-refractivity contribution < 1.29 is 18.4 Å². The molecule has 0 aliphatic heterocycles. The van der Waals surface area contributed by atoms with Crippen LogP contribution in [-0.2, 0) is 0 Å². The number of rotatable bonds is 3. The lowest BCUT2D eigenvalue weighted by atomic mass is 10.3. The highest BCUT2D eigenvalue weighted by atomic mass is 35.5. The summed E-state index contributed by atoms with van der Waals surface area (Å²) >= 11 is 5.47. The van der Waals surface area contributed by atoms with Gasteiger partial charge in [-0.15, -0.1) is 0 Å². The molecule has 0 amide bonds. The van der Waals surface area contributed by atoms with Gasteiger partial charge in [-0.05, 0) is 11.6 Å². The lowest BCUT2D eigenvalue weighted by molar-refractivity contribution is -0.387. The summed E-state index contributed by atoms with van der Waals surface area (Å²) in [5.41, 5.74) is 4.24. The van der Waals surface area contributed by atoms with Crippen LogP contribution in [0.3, 0.4) is 0 Å². The van der Waals surface area contributed by atoms with E-state index in [4.69, 9.17) is 22.1 Å². The Bertz CT molecular complexity index is 679. The minimum Gasteiger partial charge on any atom is -0.421 e. The summed E-state index contributed by atoms with van der Waals surface area (Å²) in [4.78, 5) is 19.8. The van der Waals surface area contributed by atoms with Crippen molar-refractivity contribution in [2.45, 2.75) is 0 Å². The average Bonchev–Trinajstić information content (AvgIpc) is 2.31. The van der Waals surface area contributed by atoms with Gasteiger partial charge in [-0.2, -0.15) is 19.3 Å². The zero-order valence-corrected chi connectivity index (χ0v) is 10.1. The van der Waals surface area contributed by atoms with Crippen molar-refractivity contribution in [1.82, 2.24) is 15.0 Å². The second-order valence-electron chi connectivity index (χ2n) is 3.34. The van der Waals surface area contributed by atoms with Crippen LogP contribution in [0.15, 0.2) is 12.1 Å². The molecule has 20 heavy (non-hydrogen) atoms. The highest BCUT2D eigenvalue weighted by Gasteiger charge is 2.20. The van der Waals surface area contributed by atoms with Crippen molar-refractivity contribution in [3.8, 4) is 11.8 Å². The number of nitro benzene ring substituents is 1. The van der Waals surface area contributed by atoms with Gasteiger partial charge in [0.1, 0.15) is 0 Å². The number of nitrogen functional groups attached to an aromatic ring is 1. The number of benzene rings is 1. The van der Waals surface area contributed by atoms with Gasteiger partial charge >= 0.3 is 11.7 Å². The van der Waals surface area contributed by atoms with Gasteiger partial charge in [0.05, 0.1) is 11.0 Å². The number of nitrogens with two attached hydrogens (primary N) is 1. The Kier molecular flexibility index (Phi) is 3.57. The predicted octanol–water partition coefficient (Wildman–Crippen LogP) is 2.09. The molecule has 0 radical (unpaired) electrons. The highest BCUT2D eigenvalue weighted by Crippen LogP contribution is 2.29. The van der Waals surface area contributed by atoms with Crippen LogP contribution in [-0.4, -0.2) is 19.9 Å². The molecular formula is C9H4ClF2N5O3. The fraction of sp³-hybridized carbons (Fsp3) is 0. The quantitative estimate of drug-likeness (QED) is 0.681. The van der Waals surface area contributed by atoms with E-state index in [0.717, 1.165) is 0 Å². The van der Waals surface area contributed by atoms with Crippen LogP contribution in [0.2, 0.25) is 5.28 Å². The first-order chi connectivity index (χ1) is 9.36. The van der Waals surface area contributed by atoms with Crippen molar-refractivity contribution in [3.05, 3.63) is 39.2 Å². The molecule has 0 aliphatic rings. The van der Waals surface area contributed by atoms with Gasteiger partial charge in [0.2, 0.25) is 17.0 Å². The molecule has 0 spiro atoms. The maximum atomic E-state index is 13.5. The van der Waals surface area contributed by atoms with Crippen LogP contribution in [0.1, 0.15) is 0 Å². The third-order valence-corrected chi connectivity index (χ3v) is 2.17. The number of halogens is 3. The maximum absolute atomic E-state index is 13.5. The minimum absolute atomic E-state index is 0.289. The molecule has 0 aliphatic carbocycles. The number of anilines is 1. The van der Waals surface area contributed by atoms with E-state index in [1.807, 2.05) is 0 Å². The van der Waals surface area contributed by atoms with Gasteiger partial charge in [0.15, 0.2) is 11.6 Å². The molecule has 8 nitrogen and oxygen atoms in total. The molecular weight excluding hydrogens is 300 g/mol. The number of aromatic nitrogens is 3. The van der Waals surface area contributed by atoms with E-state index in [1.165, 1.54) is 0 Å². The molecule has 1 aromatic carbocycles. The largest absolute Gasteiger partial charge is 0.421 e. The molecule has 2 aromatic rings. The van der Waals surface area contributed by atoms with Gasteiger partial charge in [0, 0.05) is 6.07 Å².